The van der Waals surface area contributed by atoms with Crippen molar-refractivity contribution in [1.82, 2.24) is 10.2 Å². The fourth-order valence-electron chi connectivity index (χ4n) is 2.45. The number of hydrogen-bond acceptors (Lipinski definition) is 7. The van der Waals surface area contributed by atoms with Crippen molar-refractivity contribution in [3.05, 3.63) is 48.0 Å². The van der Waals surface area contributed by atoms with E-state index >= 15 is 0 Å². The van der Waals surface area contributed by atoms with Gasteiger partial charge in [0.05, 0.1) is 14.2 Å². The Morgan fingerprint density at radius 1 is 1.04 bits per heavy atom. The molecule has 146 valence electrons. The summed E-state index contributed by atoms with van der Waals surface area (Å²) in [6, 6.07) is 12.6. The number of hydrogen-bond donors (Lipinski definition) is 1. The molecule has 1 amide bonds. The maximum absolute atomic E-state index is 12.4. The predicted octanol–water partition coefficient (Wildman–Crippen LogP) is 4.51. The summed E-state index contributed by atoms with van der Waals surface area (Å²) in [5.41, 5.74) is 1.13. The molecule has 0 unspecified atom stereocenters. The molecule has 8 heteroatoms. The maximum atomic E-state index is 12.4. The van der Waals surface area contributed by atoms with Gasteiger partial charge in [0.25, 0.3) is 5.91 Å². The molecule has 0 spiro atoms. The van der Waals surface area contributed by atoms with Crippen LogP contribution in [0.3, 0.4) is 0 Å². The largest absolute Gasteiger partial charge is 0.497 e. The summed E-state index contributed by atoms with van der Waals surface area (Å²) in [5.74, 6) is 1.12. The number of ether oxygens (including phenoxy) is 2. The smallest absolute Gasteiger partial charge is 0.322 e. The molecular formula is C20H21N3O4S. The third kappa shape index (κ3) is 4.83. The van der Waals surface area contributed by atoms with Crippen molar-refractivity contribution in [2.45, 2.75) is 24.0 Å². The van der Waals surface area contributed by atoms with Gasteiger partial charge in [-0.15, -0.1) is 16.9 Å². The van der Waals surface area contributed by atoms with E-state index in [1.54, 1.807) is 56.3 Å². The molecule has 3 aromatic rings. The van der Waals surface area contributed by atoms with Crippen LogP contribution in [-0.4, -0.2) is 35.6 Å². The van der Waals surface area contributed by atoms with Gasteiger partial charge in [-0.2, -0.15) is 0 Å². The third-order valence-electron chi connectivity index (χ3n) is 3.73. The van der Waals surface area contributed by atoms with E-state index in [0.717, 1.165) is 4.90 Å². The summed E-state index contributed by atoms with van der Waals surface area (Å²) in [5, 5.41) is 11.0. The van der Waals surface area contributed by atoms with E-state index in [0.29, 0.717) is 27.9 Å². The molecule has 0 saturated heterocycles. The second kappa shape index (κ2) is 8.79. The highest BCUT2D eigenvalue weighted by Crippen LogP contribution is 2.29. The molecule has 1 aromatic heterocycles. The summed E-state index contributed by atoms with van der Waals surface area (Å²) >= 11 is 1.74. The fourth-order valence-corrected chi connectivity index (χ4v) is 3.29. The average molecular weight is 399 g/mol. The Labute approximate surface area is 167 Å². The van der Waals surface area contributed by atoms with E-state index < -0.39 is 0 Å². The standard InChI is InChI=1S/C20H21N3O4S/c1-12(2)28-17-7-5-13(6-8-17)18(24)21-20-23-22-19(27-20)14-9-15(25-3)11-16(10-14)26-4/h5-12H,1-4H3,(H,21,23,24). The SMILES string of the molecule is COc1cc(OC)cc(-c2nnc(NC(=O)c3ccc(SC(C)C)cc3)o2)c1. The van der Waals surface area contributed by atoms with Crippen LogP contribution in [0.25, 0.3) is 11.5 Å². The molecule has 0 fully saturated rings. The second-order valence-corrected chi connectivity index (χ2v) is 7.81. The lowest BCUT2D eigenvalue weighted by Gasteiger charge is -2.06. The van der Waals surface area contributed by atoms with E-state index in [1.807, 2.05) is 12.1 Å². The molecule has 7 nitrogen and oxygen atoms in total. The van der Waals surface area contributed by atoms with Crippen LogP contribution in [0.15, 0.2) is 51.8 Å². The number of amides is 1. The number of carbonyl (C=O) groups excluding carboxylic acids is 1. The minimum atomic E-state index is -0.320. The van der Waals surface area contributed by atoms with Crippen molar-refractivity contribution in [3.63, 3.8) is 0 Å². The first kappa shape index (κ1) is 19.8. The highest BCUT2D eigenvalue weighted by molar-refractivity contribution is 7.99. The lowest BCUT2D eigenvalue weighted by molar-refractivity contribution is 0.102. The molecule has 0 bridgehead atoms. The molecule has 1 N–H and O–H groups in total. The molecule has 0 aliphatic carbocycles. The molecule has 1 heterocycles. The van der Waals surface area contributed by atoms with E-state index in [4.69, 9.17) is 13.9 Å². The van der Waals surface area contributed by atoms with Gasteiger partial charge in [0.1, 0.15) is 11.5 Å². The van der Waals surface area contributed by atoms with Gasteiger partial charge in [0.2, 0.25) is 5.89 Å². The van der Waals surface area contributed by atoms with Gasteiger partial charge in [-0.1, -0.05) is 18.9 Å². The van der Waals surface area contributed by atoms with Gasteiger partial charge in [0, 0.05) is 27.3 Å². The molecule has 0 saturated carbocycles. The molecule has 3 rings (SSSR count). The molecule has 0 atom stereocenters. The highest BCUT2D eigenvalue weighted by Gasteiger charge is 2.14. The predicted molar refractivity (Wildman–Crippen MR) is 108 cm³/mol. The van der Waals surface area contributed by atoms with Gasteiger partial charge in [-0.3, -0.25) is 10.1 Å². The van der Waals surface area contributed by atoms with Crippen molar-refractivity contribution < 1.29 is 18.7 Å². The number of aromatic nitrogens is 2. The molecule has 0 aliphatic rings. The van der Waals surface area contributed by atoms with E-state index in [1.165, 1.54) is 0 Å². The number of carbonyl (C=O) groups is 1. The Bertz CT molecular complexity index is 932. The number of nitrogens with one attached hydrogen (secondary N) is 1. The van der Waals surface area contributed by atoms with Crippen molar-refractivity contribution in [3.8, 4) is 23.0 Å². The number of nitrogens with zero attached hydrogens (tertiary/aromatic N) is 2. The molecule has 0 radical (unpaired) electrons. The van der Waals surface area contributed by atoms with Crippen LogP contribution >= 0.6 is 11.8 Å². The number of methoxy groups -OCH3 is 2. The van der Waals surface area contributed by atoms with E-state index in [9.17, 15) is 4.79 Å². The summed E-state index contributed by atoms with van der Waals surface area (Å²) in [6.45, 7) is 4.24. The Morgan fingerprint density at radius 2 is 1.68 bits per heavy atom. The van der Waals surface area contributed by atoms with Gasteiger partial charge < -0.3 is 13.9 Å². The minimum Gasteiger partial charge on any atom is -0.497 e. The van der Waals surface area contributed by atoms with Gasteiger partial charge >= 0.3 is 6.01 Å². The Balaban J connectivity index is 1.73. The molecule has 0 aliphatic heterocycles. The zero-order chi connectivity index (χ0) is 20.1. The third-order valence-corrected chi connectivity index (χ3v) is 4.75. The van der Waals surface area contributed by atoms with Crippen molar-refractivity contribution >= 4 is 23.7 Å². The Morgan fingerprint density at radius 3 is 2.25 bits per heavy atom. The first-order valence-electron chi connectivity index (χ1n) is 8.63. The zero-order valence-corrected chi connectivity index (χ0v) is 16.9. The fraction of sp³-hybridized carbons (Fsp3) is 0.250. The van der Waals surface area contributed by atoms with Gasteiger partial charge in [0.15, 0.2) is 0 Å². The number of rotatable bonds is 7. The summed E-state index contributed by atoms with van der Waals surface area (Å²) < 4.78 is 16.0. The van der Waals surface area contributed by atoms with Crippen molar-refractivity contribution in [1.29, 1.82) is 0 Å². The Hall–Kier alpha value is -3.00. The zero-order valence-electron chi connectivity index (χ0n) is 16.1. The maximum Gasteiger partial charge on any atom is 0.322 e. The van der Waals surface area contributed by atoms with Crippen LogP contribution in [0, 0.1) is 0 Å². The number of benzene rings is 2. The van der Waals surface area contributed by atoms with Gasteiger partial charge in [-0.25, -0.2) is 0 Å². The van der Waals surface area contributed by atoms with E-state index in [2.05, 4.69) is 29.4 Å². The van der Waals surface area contributed by atoms with Crippen LogP contribution < -0.4 is 14.8 Å². The quantitative estimate of drug-likeness (QED) is 0.585. The summed E-state index contributed by atoms with van der Waals surface area (Å²) in [6.07, 6.45) is 0. The molecule has 28 heavy (non-hydrogen) atoms. The molecular weight excluding hydrogens is 378 g/mol. The van der Waals surface area contributed by atoms with Crippen molar-refractivity contribution in [2.75, 3.05) is 19.5 Å². The van der Waals surface area contributed by atoms with Crippen LogP contribution in [0.2, 0.25) is 0 Å². The number of thioether (sulfide) groups is 1. The second-order valence-electron chi connectivity index (χ2n) is 6.16. The summed E-state index contributed by atoms with van der Waals surface area (Å²) in [4.78, 5) is 13.5. The first-order valence-corrected chi connectivity index (χ1v) is 9.51. The lowest BCUT2D eigenvalue weighted by Crippen LogP contribution is -2.11. The highest BCUT2D eigenvalue weighted by atomic mass is 32.2. The lowest BCUT2D eigenvalue weighted by atomic mass is 10.2. The van der Waals surface area contributed by atoms with E-state index in [-0.39, 0.29) is 17.8 Å². The van der Waals surface area contributed by atoms with Crippen LogP contribution in [0.4, 0.5) is 6.01 Å². The monoisotopic (exact) mass is 399 g/mol. The Kier molecular flexibility index (Phi) is 6.20. The number of anilines is 1. The van der Waals surface area contributed by atoms with Crippen LogP contribution in [0.5, 0.6) is 11.5 Å². The first-order chi connectivity index (χ1) is 13.5. The van der Waals surface area contributed by atoms with Crippen LogP contribution in [0.1, 0.15) is 24.2 Å². The molecule has 2 aromatic carbocycles. The normalized spacial score (nSPS) is 10.8. The van der Waals surface area contributed by atoms with Crippen molar-refractivity contribution in [2.24, 2.45) is 0 Å². The topological polar surface area (TPSA) is 86.5 Å². The average Bonchev–Trinajstić information content (AvgIpc) is 3.16. The van der Waals surface area contributed by atoms with Gasteiger partial charge in [-0.05, 0) is 36.4 Å². The summed E-state index contributed by atoms with van der Waals surface area (Å²) in [7, 11) is 3.12. The van der Waals surface area contributed by atoms with Crippen LogP contribution in [-0.2, 0) is 0 Å². The minimum absolute atomic E-state index is 0.0161.